The molecule has 0 amide bonds. The second-order valence-corrected chi connectivity index (χ2v) is 21.2. The summed E-state index contributed by atoms with van der Waals surface area (Å²) in [6.45, 7) is 4.49. The summed E-state index contributed by atoms with van der Waals surface area (Å²) in [6.07, 6.45) is 62.8. The van der Waals surface area contributed by atoms with Gasteiger partial charge in [-0.3, -0.25) is 23.4 Å². The van der Waals surface area contributed by atoms with Gasteiger partial charge in [-0.1, -0.05) is 209 Å². The second kappa shape index (κ2) is 56.1. The van der Waals surface area contributed by atoms with Crippen LogP contribution < -0.4 is 0 Å². The van der Waals surface area contributed by atoms with Crippen LogP contribution in [0, 0.1) is 0 Å². The van der Waals surface area contributed by atoms with Gasteiger partial charge in [-0.15, -0.1) is 0 Å². The molecule has 0 radical (unpaired) electrons. The second-order valence-electron chi connectivity index (χ2n) is 19.8. The summed E-state index contributed by atoms with van der Waals surface area (Å²) in [6, 6.07) is 0. The molecule has 3 unspecified atom stereocenters. The van der Waals surface area contributed by atoms with Gasteiger partial charge in [-0.05, 0) is 109 Å². The Hall–Kier alpha value is -3.08. The van der Waals surface area contributed by atoms with Crippen LogP contribution in [-0.4, -0.2) is 66.5 Å². The monoisotopic (exact) mass is 1060 g/mol. The topological polar surface area (TPSA) is 155 Å². The van der Waals surface area contributed by atoms with E-state index < -0.39 is 57.8 Å². The van der Waals surface area contributed by atoms with Crippen molar-refractivity contribution < 1.29 is 52.2 Å². The van der Waals surface area contributed by atoms with E-state index in [1.54, 1.807) is 0 Å². The van der Waals surface area contributed by atoms with Crippen LogP contribution in [0.3, 0.4) is 0 Å². The van der Waals surface area contributed by atoms with Crippen molar-refractivity contribution in [3.63, 3.8) is 0 Å². The van der Waals surface area contributed by atoms with Crippen LogP contribution in [0.25, 0.3) is 0 Å². The molecule has 12 heteroatoms. The Kier molecular flexibility index (Phi) is 53.8. The van der Waals surface area contributed by atoms with Gasteiger partial charge < -0.3 is 24.2 Å². The first-order valence-electron chi connectivity index (χ1n) is 29.8. The summed E-state index contributed by atoms with van der Waals surface area (Å²) >= 11 is 0. The maximum absolute atomic E-state index is 12.9. The summed E-state index contributed by atoms with van der Waals surface area (Å²) < 4.78 is 39.5. The van der Waals surface area contributed by atoms with Crippen molar-refractivity contribution in [2.24, 2.45) is 0 Å². The van der Waals surface area contributed by atoms with E-state index in [-0.39, 0.29) is 25.9 Å². The molecule has 0 aliphatic heterocycles. The molecule has 0 saturated carbocycles. The number of unbranched alkanes of at least 4 members (excludes halogenated alkanes) is 26. The highest BCUT2D eigenvalue weighted by Crippen LogP contribution is 2.43. The van der Waals surface area contributed by atoms with Crippen LogP contribution >= 0.6 is 7.82 Å². The molecule has 74 heavy (non-hydrogen) atoms. The minimum Gasteiger partial charge on any atom is -0.462 e. The SMILES string of the molecule is CC/C=C\C/C=C\C/C=C\C/C=C\CCCCCCCCC(=O)OC(COC(=O)CCCCCCC/C=C\CCCCCCCC)COP(=O)(O)OCC(CO)OC(=O)CCCCCCC/C=C\CCCCCC. The highest BCUT2D eigenvalue weighted by molar-refractivity contribution is 7.47. The fourth-order valence-electron chi connectivity index (χ4n) is 8.04. The predicted octanol–water partition coefficient (Wildman–Crippen LogP) is 17.7. The average Bonchev–Trinajstić information content (AvgIpc) is 3.39. The molecule has 0 rings (SSSR count). The minimum atomic E-state index is -4.76. The first kappa shape index (κ1) is 70.9. The predicted molar refractivity (Wildman–Crippen MR) is 307 cm³/mol. The van der Waals surface area contributed by atoms with E-state index in [2.05, 4.69) is 93.7 Å². The Labute approximate surface area is 452 Å². The zero-order valence-corrected chi connectivity index (χ0v) is 48.2. The summed E-state index contributed by atoms with van der Waals surface area (Å²) in [5, 5.41) is 9.81. The van der Waals surface area contributed by atoms with Gasteiger partial charge in [-0.25, -0.2) is 4.57 Å². The number of aliphatic hydroxyl groups is 1. The molecule has 0 aliphatic carbocycles. The zero-order valence-electron chi connectivity index (χ0n) is 47.3. The lowest BCUT2D eigenvalue weighted by molar-refractivity contribution is -0.161. The number of hydrogen-bond acceptors (Lipinski definition) is 10. The van der Waals surface area contributed by atoms with Crippen molar-refractivity contribution in [3.8, 4) is 0 Å². The molecule has 0 fully saturated rings. The van der Waals surface area contributed by atoms with E-state index in [1.807, 2.05) is 0 Å². The molecule has 0 heterocycles. The Morgan fingerprint density at radius 1 is 0.392 bits per heavy atom. The summed E-state index contributed by atoms with van der Waals surface area (Å²) in [5.41, 5.74) is 0. The Morgan fingerprint density at radius 2 is 0.703 bits per heavy atom. The van der Waals surface area contributed by atoms with Gasteiger partial charge in [0.2, 0.25) is 0 Å². The van der Waals surface area contributed by atoms with E-state index >= 15 is 0 Å². The third-order valence-corrected chi connectivity index (χ3v) is 13.5. The smallest absolute Gasteiger partial charge is 0.462 e. The number of rotatable bonds is 55. The van der Waals surface area contributed by atoms with Crippen molar-refractivity contribution in [3.05, 3.63) is 72.9 Å². The minimum absolute atomic E-state index is 0.148. The van der Waals surface area contributed by atoms with Crippen molar-refractivity contribution in [1.82, 2.24) is 0 Å². The number of aliphatic hydroxyl groups excluding tert-OH is 1. The van der Waals surface area contributed by atoms with Gasteiger partial charge in [-0.2, -0.15) is 0 Å². The molecule has 0 saturated heterocycles. The lowest BCUT2D eigenvalue weighted by Crippen LogP contribution is -2.30. The van der Waals surface area contributed by atoms with Crippen molar-refractivity contribution >= 4 is 25.7 Å². The summed E-state index contributed by atoms with van der Waals surface area (Å²) in [5.74, 6) is -1.49. The maximum atomic E-state index is 12.9. The number of esters is 3. The van der Waals surface area contributed by atoms with Gasteiger partial charge in [0.15, 0.2) is 6.10 Å². The van der Waals surface area contributed by atoms with Crippen molar-refractivity contribution in [2.75, 3.05) is 26.4 Å². The standard InChI is InChI=1S/C62H109O11P/c1-4-7-10-13-16-19-22-25-27-28-29-30-32-35-38-41-44-47-50-53-62(66)73-59(55-69-60(64)51-48-45-42-39-36-34-31-26-23-20-17-14-11-8-5-2)57-71-74(67,68)70-56-58(54-63)72-61(65)52-49-46-43-40-37-33-24-21-18-15-12-9-6-3/h7,10,16,19,21,24-27,29-31,58-59,63H,4-6,8-9,11-15,17-18,20,22-23,28,32-57H2,1-3H3,(H,67,68)/b10-7-,19-16-,24-21-,27-25-,30-29-,31-26-. The number of phosphoric acid groups is 1. The Balaban J connectivity index is 4.76. The Morgan fingerprint density at radius 3 is 1.11 bits per heavy atom. The molecule has 11 nitrogen and oxygen atoms in total. The van der Waals surface area contributed by atoms with Gasteiger partial charge in [0, 0.05) is 19.3 Å². The molecule has 0 aromatic carbocycles. The quantitative estimate of drug-likeness (QED) is 0.0197. The number of carbonyl (C=O) groups is 3. The number of phosphoric ester groups is 1. The van der Waals surface area contributed by atoms with E-state index in [9.17, 15) is 28.9 Å². The normalized spacial score (nSPS) is 13.9. The lowest BCUT2D eigenvalue weighted by atomic mass is 10.1. The summed E-state index contributed by atoms with van der Waals surface area (Å²) in [7, 11) is -4.76. The summed E-state index contributed by atoms with van der Waals surface area (Å²) in [4.78, 5) is 48.6. The maximum Gasteiger partial charge on any atom is 0.472 e. The van der Waals surface area contributed by atoms with Gasteiger partial charge in [0.25, 0.3) is 0 Å². The van der Waals surface area contributed by atoms with Crippen LogP contribution in [0.15, 0.2) is 72.9 Å². The first-order chi connectivity index (χ1) is 36.2. The number of hydrogen-bond donors (Lipinski definition) is 2. The van der Waals surface area contributed by atoms with E-state index in [0.29, 0.717) is 19.3 Å². The zero-order chi connectivity index (χ0) is 54.1. The van der Waals surface area contributed by atoms with E-state index in [1.165, 1.54) is 64.2 Å². The van der Waals surface area contributed by atoms with Gasteiger partial charge >= 0.3 is 25.7 Å². The van der Waals surface area contributed by atoms with E-state index in [4.69, 9.17) is 23.3 Å². The fraction of sp³-hybridized carbons (Fsp3) is 0.758. The van der Waals surface area contributed by atoms with Crippen molar-refractivity contribution in [1.29, 1.82) is 0 Å². The Bertz CT molecular complexity index is 1520. The van der Waals surface area contributed by atoms with Crippen LogP contribution in [-0.2, 0) is 42.2 Å². The lowest BCUT2D eigenvalue weighted by Gasteiger charge is -2.21. The largest absolute Gasteiger partial charge is 0.472 e. The number of carbonyl (C=O) groups excluding carboxylic acids is 3. The van der Waals surface area contributed by atoms with Crippen LogP contribution in [0.5, 0.6) is 0 Å². The molecule has 0 aromatic rings. The molecule has 2 N–H and O–H groups in total. The number of ether oxygens (including phenoxy) is 3. The molecular weight excluding hydrogens is 952 g/mol. The molecule has 0 aromatic heterocycles. The van der Waals surface area contributed by atoms with Gasteiger partial charge in [0.1, 0.15) is 12.7 Å². The highest BCUT2D eigenvalue weighted by atomic mass is 31.2. The average molecular weight is 1060 g/mol. The molecule has 428 valence electrons. The molecule has 3 atom stereocenters. The third-order valence-electron chi connectivity index (χ3n) is 12.6. The van der Waals surface area contributed by atoms with Gasteiger partial charge in [0.05, 0.1) is 19.8 Å². The van der Waals surface area contributed by atoms with Crippen LogP contribution in [0.1, 0.15) is 265 Å². The molecule has 0 bridgehead atoms. The highest BCUT2D eigenvalue weighted by Gasteiger charge is 2.28. The molecule has 0 aliphatic rings. The third kappa shape index (κ3) is 53.7. The van der Waals surface area contributed by atoms with E-state index in [0.717, 1.165) is 141 Å². The van der Waals surface area contributed by atoms with Crippen LogP contribution in [0.4, 0.5) is 0 Å². The molecular formula is C62H109O11P. The fourth-order valence-corrected chi connectivity index (χ4v) is 8.83. The number of allylic oxidation sites excluding steroid dienone is 12. The van der Waals surface area contributed by atoms with Crippen molar-refractivity contribution in [2.45, 2.75) is 277 Å². The first-order valence-corrected chi connectivity index (χ1v) is 31.3. The van der Waals surface area contributed by atoms with Crippen LogP contribution in [0.2, 0.25) is 0 Å². The molecule has 0 spiro atoms.